The molecule has 0 unspecified atom stereocenters. The molecule has 0 atom stereocenters. The van der Waals surface area contributed by atoms with Crippen molar-refractivity contribution in [1.29, 1.82) is 0 Å². The van der Waals surface area contributed by atoms with E-state index in [0.29, 0.717) is 0 Å². The molecule has 0 nitrogen and oxygen atoms in total. The molecule has 0 N–H and O–H groups in total. The van der Waals surface area contributed by atoms with Crippen LogP contribution in [0.25, 0.3) is 0 Å². The molecule has 0 saturated carbocycles. The van der Waals surface area contributed by atoms with Crippen LogP contribution in [0.1, 0.15) is 45.7 Å². The zero-order valence-electron chi connectivity index (χ0n) is 11.2. The number of halogens is 1. The van der Waals surface area contributed by atoms with E-state index in [0.717, 1.165) is 17.0 Å². The normalized spacial score (nSPS) is 8.60. The Hall–Kier alpha value is -0.850. The Kier molecular flexibility index (Phi) is 10.7. The maximum absolute atomic E-state index is 12.5. The summed E-state index contributed by atoms with van der Waals surface area (Å²) in [6.45, 7) is 14.2. The molecule has 0 spiro atoms. The molecule has 0 saturated heterocycles. The van der Waals surface area contributed by atoms with E-state index in [2.05, 4.69) is 20.8 Å². The molecule has 0 aliphatic rings. The third kappa shape index (κ3) is 11.1. The predicted molar refractivity (Wildman–Crippen MR) is 67.7 cm³/mol. The molecule has 88 valence electrons. The first kappa shape index (κ1) is 16.6. The van der Waals surface area contributed by atoms with E-state index < -0.39 is 0 Å². The van der Waals surface area contributed by atoms with Gasteiger partial charge in [0, 0.05) is 0 Å². The average molecular weight is 212 g/mol. The number of rotatable bonds is 0. The number of hydrogen-bond acceptors (Lipinski definition) is 0. The van der Waals surface area contributed by atoms with Gasteiger partial charge in [-0.2, -0.15) is 0 Å². The summed E-state index contributed by atoms with van der Waals surface area (Å²) < 4.78 is 12.5. The van der Waals surface area contributed by atoms with Crippen molar-refractivity contribution in [2.24, 2.45) is 5.92 Å². The minimum absolute atomic E-state index is 0.124. The van der Waals surface area contributed by atoms with Crippen LogP contribution in [0.4, 0.5) is 4.39 Å². The van der Waals surface area contributed by atoms with Gasteiger partial charge in [0.25, 0.3) is 0 Å². The summed E-state index contributed by atoms with van der Waals surface area (Å²) in [6, 6.07) is 5.09. The summed E-state index contributed by atoms with van der Waals surface area (Å²) in [6.07, 6.45) is 0. The van der Waals surface area contributed by atoms with Crippen LogP contribution in [0.15, 0.2) is 18.2 Å². The lowest BCUT2D eigenvalue weighted by Crippen LogP contribution is -1.81. The zero-order chi connectivity index (χ0) is 12.4. The highest BCUT2D eigenvalue weighted by atomic mass is 19.1. The highest BCUT2D eigenvalue weighted by Crippen LogP contribution is 2.06. The van der Waals surface area contributed by atoms with Crippen LogP contribution >= 0.6 is 0 Å². The van der Waals surface area contributed by atoms with Gasteiger partial charge >= 0.3 is 0 Å². The average Bonchev–Trinajstić information content (AvgIpc) is 2.14. The van der Waals surface area contributed by atoms with Crippen LogP contribution < -0.4 is 0 Å². The van der Waals surface area contributed by atoms with Crippen molar-refractivity contribution in [3.05, 3.63) is 35.1 Å². The third-order valence-electron chi connectivity index (χ3n) is 1.31. The summed E-state index contributed by atoms with van der Waals surface area (Å²) in [5.74, 6) is 0.709. The summed E-state index contributed by atoms with van der Waals surface area (Å²) in [5.41, 5.74) is 1.82. The first-order valence-electron chi connectivity index (χ1n) is 5.66. The van der Waals surface area contributed by atoms with Crippen LogP contribution in [0.2, 0.25) is 0 Å². The van der Waals surface area contributed by atoms with Crippen molar-refractivity contribution < 1.29 is 4.39 Å². The van der Waals surface area contributed by atoms with E-state index in [-0.39, 0.29) is 5.82 Å². The van der Waals surface area contributed by atoms with Gasteiger partial charge in [-0.05, 0) is 31.4 Å². The largest absolute Gasteiger partial charge is 0.207 e. The Bertz CT molecular complexity index is 249. The Morgan fingerprint density at radius 2 is 1.40 bits per heavy atom. The molecule has 0 aromatic heterocycles. The standard InChI is InChI=1S/C8H9F.C4H10.C2H6/c1-6-3-4-8(9)7(2)5-6;1-4(2)3;1-2/h3-5H,1-2H3;4H,1-3H3;1-2H3. The van der Waals surface area contributed by atoms with E-state index >= 15 is 0 Å². The predicted octanol–water partition coefficient (Wildman–Crippen LogP) is 5.13. The van der Waals surface area contributed by atoms with Crippen molar-refractivity contribution >= 4 is 0 Å². The van der Waals surface area contributed by atoms with Crippen LogP contribution in [0.3, 0.4) is 0 Å². The maximum atomic E-state index is 12.5. The molecule has 0 heterocycles. The van der Waals surface area contributed by atoms with Crippen molar-refractivity contribution in [2.75, 3.05) is 0 Å². The molecule has 1 aromatic carbocycles. The van der Waals surface area contributed by atoms with E-state index in [1.807, 2.05) is 26.8 Å². The van der Waals surface area contributed by atoms with Gasteiger partial charge in [-0.1, -0.05) is 52.3 Å². The minimum Gasteiger partial charge on any atom is -0.207 e. The minimum atomic E-state index is -0.124. The molecular formula is C14H25F. The molecule has 0 radical (unpaired) electrons. The van der Waals surface area contributed by atoms with Gasteiger partial charge in [0.15, 0.2) is 0 Å². The zero-order valence-corrected chi connectivity index (χ0v) is 11.2. The maximum Gasteiger partial charge on any atom is 0.126 e. The van der Waals surface area contributed by atoms with E-state index in [9.17, 15) is 4.39 Å². The molecule has 0 aliphatic heterocycles. The Morgan fingerprint density at radius 1 is 1.00 bits per heavy atom. The lowest BCUT2D eigenvalue weighted by atomic mass is 10.1. The van der Waals surface area contributed by atoms with Gasteiger partial charge in [-0.25, -0.2) is 4.39 Å². The molecule has 15 heavy (non-hydrogen) atoms. The lowest BCUT2D eigenvalue weighted by Gasteiger charge is -1.95. The van der Waals surface area contributed by atoms with Crippen molar-refractivity contribution in [1.82, 2.24) is 0 Å². The second-order valence-corrected chi connectivity index (χ2v) is 3.98. The monoisotopic (exact) mass is 212 g/mol. The fourth-order valence-electron chi connectivity index (χ4n) is 0.795. The molecule has 0 fully saturated rings. The van der Waals surface area contributed by atoms with Crippen LogP contribution in [-0.2, 0) is 0 Å². The number of aryl methyl sites for hydroxylation is 2. The number of hydrogen-bond donors (Lipinski definition) is 0. The molecule has 1 rings (SSSR count). The summed E-state index contributed by atoms with van der Waals surface area (Å²) >= 11 is 0. The van der Waals surface area contributed by atoms with Crippen molar-refractivity contribution in [3.8, 4) is 0 Å². The molecule has 0 bridgehead atoms. The topological polar surface area (TPSA) is 0 Å². The molecule has 1 heteroatoms. The van der Waals surface area contributed by atoms with Gasteiger partial charge in [-0.15, -0.1) is 0 Å². The highest BCUT2D eigenvalue weighted by molar-refractivity contribution is 5.22. The Morgan fingerprint density at radius 3 is 1.67 bits per heavy atom. The van der Waals surface area contributed by atoms with Gasteiger partial charge in [0.1, 0.15) is 5.82 Å². The second kappa shape index (κ2) is 9.70. The van der Waals surface area contributed by atoms with Gasteiger partial charge in [0.2, 0.25) is 0 Å². The molecule has 0 aliphatic carbocycles. The van der Waals surface area contributed by atoms with E-state index in [1.54, 1.807) is 13.0 Å². The molecule has 0 amide bonds. The summed E-state index contributed by atoms with van der Waals surface area (Å²) in [4.78, 5) is 0. The lowest BCUT2D eigenvalue weighted by molar-refractivity contribution is 0.618. The van der Waals surface area contributed by atoms with E-state index in [4.69, 9.17) is 0 Å². The third-order valence-corrected chi connectivity index (χ3v) is 1.31. The van der Waals surface area contributed by atoms with Gasteiger partial charge in [0.05, 0.1) is 0 Å². The molecule has 1 aromatic rings. The first-order chi connectivity index (χ1) is 6.93. The summed E-state index contributed by atoms with van der Waals surface area (Å²) in [7, 11) is 0. The number of benzene rings is 1. The fraction of sp³-hybridized carbons (Fsp3) is 0.571. The Labute approximate surface area is 94.5 Å². The molecular weight excluding hydrogens is 187 g/mol. The van der Waals surface area contributed by atoms with Gasteiger partial charge < -0.3 is 0 Å². The smallest absolute Gasteiger partial charge is 0.126 e. The van der Waals surface area contributed by atoms with Crippen LogP contribution in [0, 0.1) is 25.6 Å². The van der Waals surface area contributed by atoms with Crippen molar-refractivity contribution in [3.63, 3.8) is 0 Å². The van der Waals surface area contributed by atoms with Crippen LogP contribution in [-0.4, -0.2) is 0 Å². The quantitative estimate of drug-likeness (QED) is 0.559. The first-order valence-corrected chi connectivity index (χ1v) is 5.66. The summed E-state index contributed by atoms with van der Waals surface area (Å²) in [5, 5.41) is 0. The SMILES string of the molecule is CC.CC(C)C.Cc1ccc(F)c(C)c1. The van der Waals surface area contributed by atoms with Crippen molar-refractivity contribution in [2.45, 2.75) is 48.5 Å². The van der Waals surface area contributed by atoms with Gasteiger partial charge in [-0.3, -0.25) is 0 Å². The fourth-order valence-corrected chi connectivity index (χ4v) is 0.795. The highest BCUT2D eigenvalue weighted by Gasteiger charge is 1.93. The van der Waals surface area contributed by atoms with E-state index in [1.165, 1.54) is 6.07 Å². The Balaban J connectivity index is 0. The second-order valence-electron chi connectivity index (χ2n) is 3.98. The van der Waals surface area contributed by atoms with Crippen LogP contribution in [0.5, 0.6) is 0 Å².